The molecule has 5 N–H and O–H groups in total. The van der Waals surface area contributed by atoms with E-state index in [-0.39, 0.29) is 35.5 Å². The molecule has 1 unspecified atom stereocenters. The van der Waals surface area contributed by atoms with Crippen molar-refractivity contribution in [3.8, 4) is 11.3 Å². The van der Waals surface area contributed by atoms with Crippen molar-refractivity contribution in [3.05, 3.63) is 88.2 Å². The van der Waals surface area contributed by atoms with Crippen LogP contribution >= 0.6 is 0 Å². The zero-order valence-corrected chi connectivity index (χ0v) is 32.0. The van der Waals surface area contributed by atoms with Gasteiger partial charge >= 0.3 is 0 Å². The Balaban J connectivity index is 0.000000193. The standard InChI is InChI=1S/C23H31N3O5.C19H18FN3O/c1-14(2)10-13-31-23(3,4)11-12-24-16-7-5-6-15-19(16)22(30)26(21(15)29)17-8-9-18(27)25-20(17)28;1-21-10-11-2-4-12(5-3-11)18-14-6-7-22-19(24)15-8-13(20)9-16(23-18)17(14)15/h5-7,14,17,24H,8-13H2,1-4H3,(H,25,27,28);2-5,8-9,21,23H,6-7,10H2,1H3,(H,22,24). The largest absolute Gasteiger partial charge is 0.384 e. The highest BCUT2D eigenvalue weighted by Crippen LogP contribution is 2.35. The summed E-state index contributed by atoms with van der Waals surface area (Å²) in [6, 6.07) is 15.1. The summed E-state index contributed by atoms with van der Waals surface area (Å²) in [5, 5.41) is 12.3. The van der Waals surface area contributed by atoms with Crippen LogP contribution in [0.2, 0.25) is 0 Å². The maximum atomic E-state index is 13.9. The van der Waals surface area contributed by atoms with E-state index < -0.39 is 35.5 Å². The van der Waals surface area contributed by atoms with Gasteiger partial charge in [0.2, 0.25) is 11.8 Å². The molecule has 0 aliphatic carbocycles. The first kappa shape index (κ1) is 39.3. The van der Waals surface area contributed by atoms with Gasteiger partial charge in [-0.2, -0.15) is 0 Å². The van der Waals surface area contributed by atoms with E-state index in [1.54, 1.807) is 18.2 Å². The van der Waals surface area contributed by atoms with Crippen LogP contribution in [0.25, 0.3) is 22.2 Å². The zero-order chi connectivity index (χ0) is 39.4. The van der Waals surface area contributed by atoms with Crippen LogP contribution in [0.5, 0.6) is 0 Å². The topological polar surface area (TPSA) is 162 Å². The molecule has 3 aliphatic rings. The van der Waals surface area contributed by atoms with Gasteiger partial charge < -0.3 is 25.7 Å². The van der Waals surface area contributed by atoms with E-state index in [1.165, 1.54) is 17.7 Å². The maximum absolute atomic E-state index is 13.9. The van der Waals surface area contributed by atoms with E-state index in [4.69, 9.17) is 4.74 Å². The first-order valence-corrected chi connectivity index (χ1v) is 18.9. The number of nitrogens with one attached hydrogen (secondary N) is 5. The Morgan fingerprint density at radius 2 is 1.75 bits per heavy atom. The van der Waals surface area contributed by atoms with E-state index in [0.717, 1.165) is 46.5 Å². The van der Waals surface area contributed by atoms with E-state index >= 15 is 0 Å². The number of amides is 5. The van der Waals surface area contributed by atoms with Crippen molar-refractivity contribution in [1.82, 2.24) is 25.8 Å². The predicted octanol–water partition coefficient (Wildman–Crippen LogP) is 5.71. The minimum absolute atomic E-state index is 0.0980. The molecule has 0 saturated carbocycles. The van der Waals surface area contributed by atoms with Crippen LogP contribution in [-0.4, -0.2) is 77.8 Å². The molecule has 1 aromatic heterocycles. The molecule has 0 bridgehead atoms. The van der Waals surface area contributed by atoms with Gasteiger partial charge in [0.1, 0.15) is 11.9 Å². The third-order valence-corrected chi connectivity index (χ3v) is 10.2. The molecule has 13 heteroatoms. The molecule has 5 amide bonds. The molecular weight excluding hydrogens is 703 g/mol. The van der Waals surface area contributed by atoms with Gasteiger partial charge in [-0.3, -0.25) is 34.2 Å². The van der Waals surface area contributed by atoms with Gasteiger partial charge in [-0.05, 0) is 93.5 Å². The number of ether oxygens (including phenoxy) is 1. The van der Waals surface area contributed by atoms with Crippen LogP contribution in [0.1, 0.15) is 95.6 Å². The number of anilines is 1. The number of aromatic nitrogens is 1. The molecule has 0 radical (unpaired) electrons. The normalized spacial score (nSPS) is 16.8. The molecule has 0 spiro atoms. The predicted molar refractivity (Wildman–Crippen MR) is 208 cm³/mol. The summed E-state index contributed by atoms with van der Waals surface area (Å²) in [7, 11) is 1.92. The van der Waals surface area contributed by atoms with Crippen molar-refractivity contribution in [1.29, 1.82) is 0 Å². The smallest absolute Gasteiger partial charge is 0.264 e. The second kappa shape index (κ2) is 16.5. The lowest BCUT2D eigenvalue weighted by Gasteiger charge is -2.28. The van der Waals surface area contributed by atoms with E-state index in [1.807, 2.05) is 20.9 Å². The third-order valence-electron chi connectivity index (χ3n) is 10.2. The van der Waals surface area contributed by atoms with E-state index in [9.17, 15) is 28.4 Å². The molecule has 1 saturated heterocycles. The number of fused-ring (bicyclic) bond motifs is 1. The second-order valence-corrected chi connectivity index (χ2v) is 15.2. The van der Waals surface area contributed by atoms with Crippen LogP contribution in [0.3, 0.4) is 0 Å². The van der Waals surface area contributed by atoms with Crippen LogP contribution < -0.4 is 21.3 Å². The summed E-state index contributed by atoms with van der Waals surface area (Å²) in [5.74, 6) is -2.05. The number of piperidine rings is 1. The van der Waals surface area contributed by atoms with Crippen LogP contribution in [0, 0.1) is 11.7 Å². The Labute approximate surface area is 319 Å². The molecule has 1 atom stereocenters. The number of aromatic amines is 1. The van der Waals surface area contributed by atoms with E-state index in [0.29, 0.717) is 48.8 Å². The molecule has 55 heavy (non-hydrogen) atoms. The van der Waals surface area contributed by atoms with Crippen molar-refractivity contribution in [2.24, 2.45) is 5.92 Å². The number of carbonyl (C=O) groups excluding carboxylic acids is 5. The summed E-state index contributed by atoms with van der Waals surface area (Å²) in [5.41, 5.74) is 6.14. The van der Waals surface area contributed by atoms with Crippen molar-refractivity contribution in [2.75, 3.05) is 32.1 Å². The Bertz CT molecular complexity index is 2120. The number of imide groups is 2. The minimum Gasteiger partial charge on any atom is -0.384 e. The average molecular weight is 753 g/mol. The number of hydrogen-bond acceptors (Lipinski definition) is 8. The van der Waals surface area contributed by atoms with Crippen molar-refractivity contribution < 1.29 is 33.1 Å². The Morgan fingerprint density at radius 3 is 2.45 bits per heavy atom. The Kier molecular flexibility index (Phi) is 11.8. The molecule has 12 nitrogen and oxygen atoms in total. The molecule has 7 rings (SSSR count). The van der Waals surface area contributed by atoms with Crippen molar-refractivity contribution >= 4 is 46.1 Å². The third kappa shape index (κ3) is 8.63. The molecule has 1 fully saturated rings. The number of H-pyrrole nitrogens is 1. The van der Waals surface area contributed by atoms with Crippen LogP contribution in [0.15, 0.2) is 54.6 Å². The summed E-state index contributed by atoms with van der Waals surface area (Å²) < 4.78 is 19.9. The van der Waals surface area contributed by atoms with Gasteiger partial charge in [-0.25, -0.2) is 4.39 Å². The van der Waals surface area contributed by atoms with Gasteiger partial charge in [-0.1, -0.05) is 44.2 Å². The minimum atomic E-state index is -0.966. The molecule has 3 aromatic carbocycles. The van der Waals surface area contributed by atoms with Gasteiger partial charge in [0.05, 0.1) is 22.3 Å². The fraction of sp³-hybridized carbons (Fsp3) is 0.405. The first-order valence-electron chi connectivity index (χ1n) is 18.9. The number of carbonyl (C=O) groups is 5. The number of hydrogen-bond donors (Lipinski definition) is 5. The van der Waals surface area contributed by atoms with Crippen LogP contribution in [-0.2, 0) is 27.3 Å². The van der Waals surface area contributed by atoms with E-state index in [2.05, 4.69) is 64.4 Å². The second-order valence-electron chi connectivity index (χ2n) is 15.2. The molecule has 4 heterocycles. The highest BCUT2D eigenvalue weighted by atomic mass is 19.1. The van der Waals surface area contributed by atoms with Gasteiger partial charge in [0.25, 0.3) is 17.7 Å². The monoisotopic (exact) mass is 752 g/mol. The average Bonchev–Trinajstić information content (AvgIpc) is 3.55. The fourth-order valence-corrected chi connectivity index (χ4v) is 7.23. The lowest BCUT2D eigenvalue weighted by atomic mass is 9.99. The van der Waals surface area contributed by atoms with Crippen LogP contribution in [0.4, 0.5) is 10.1 Å². The summed E-state index contributed by atoms with van der Waals surface area (Å²) in [6.45, 7) is 11.0. The van der Waals surface area contributed by atoms with Crippen molar-refractivity contribution in [2.45, 2.75) is 78.0 Å². The number of halogens is 1. The first-order chi connectivity index (χ1) is 26.3. The van der Waals surface area contributed by atoms with Crippen molar-refractivity contribution in [3.63, 3.8) is 0 Å². The number of benzene rings is 3. The molecule has 290 valence electrons. The van der Waals surface area contributed by atoms with Gasteiger partial charge in [0.15, 0.2) is 0 Å². The summed E-state index contributed by atoms with van der Waals surface area (Å²) in [6.07, 6.45) is 2.67. The number of rotatable bonds is 12. The fourth-order valence-electron chi connectivity index (χ4n) is 7.23. The lowest BCUT2D eigenvalue weighted by molar-refractivity contribution is -0.136. The summed E-state index contributed by atoms with van der Waals surface area (Å²) in [4.78, 5) is 66.1. The summed E-state index contributed by atoms with van der Waals surface area (Å²) >= 11 is 0. The molecule has 4 aromatic rings. The Morgan fingerprint density at radius 1 is 0.982 bits per heavy atom. The molecule has 3 aliphatic heterocycles. The Hall–Kier alpha value is -5.40. The lowest BCUT2D eigenvalue weighted by Crippen LogP contribution is -2.54. The highest BCUT2D eigenvalue weighted by molar-refractivity contribution is 6.25. The zero-order valence-electron chi connectivity index (χ0n) is 32.0. The SMILES string of the molecule is CC(C)CCOC(C)(C)CCNc1cccc2c1C(=O)N(C1CCC(=O)NC1=O)C2=O.CNCc1ccc(-c2[nH]c3cc(F)cc4c3c2CCNC4=O)cc1. The highest BCUT2D eigenvalue weighted by Gasteiger charge is 2.45. The molecular formula is C42H49FN6O6. The maximum Gasteiger partial charge on any atom is 0.264 e. The van der Waals surface area contributed by atoms with Gasteiger partial charge in [-0.15, -0.1) is 0 Å². The quantitative estimate of drug-likeness (QED) is 0.115. The number of nitrogens with zero attached hydrogens (tertiary/aromatic N) is 1. The van der Waals surface area contributed by atoms with Gasteiger partial charge in [0, 0.05) is 54.9 Å².